The molecule has 1 aliphatic carbocycles. The third-order valence-electron chi connectivity index (χ3n) is 6.13. The Hall–Kier alpha value is -2.86. The molecule has 2 aliphatic rings. The monoisotopic (exact) mass is 406 g/mol. The van der Waals surface area contributed by atoms with Gasteiger partial charge in [0.05, 0.1) is 0 Å². The third kappa shape index (κ3) is 3.17. The zero-order valence-corrected chi connectivity index (χ0v) is 17.1. The fourth-order valence-corrected chi connectivity index (χ4v) is 4.83. The largest absolute Gasteiger partial charge is 0.302 e. The van der Waals surface area contributed by atoms with E-state index >= 15 is 0 Å². The molecular weight excluding hydrogens is 384 g/mol. The van der Waals surface area contributed by atoms with E-state index < -0.39 is 29.1 Å². The normalized spacial score (nSPS) is 23.7. The van der Waals surface area contributed by atoms with Gasteiger partial charge in [-0.3, -0.25) is 14.4 Å². The van der Waals surface area contributed by atoms with Gasteiger partial charge in [0, 0.05) is 24.7 Å². The van der Waals surface area contributed by atoms with E-state index in [0.29, 0.717) is 0 Å². The van der Waals surface area contributed by atoms with Crippen LogP contribution >= 0.6 is 12.2 Å². The molecule has 2 fully saturated rings. The summed E-state index contributed by atoms with van der Waals surface area (Å²) in [5.74, 6) is -1.97. The molecule has 2 aromatic carbocycles. The molecule has 2 N–H and O–H groups in total. The second-order valence-electron chi connectivity index (χ2n) is 7.98. The first-order valence-corrected chi connectivity index (χ1v) is 10.0. The van der Waals surface area contributed by atoms with Crippen molar-refractivity contribution in [2.24, 2.45) is 5.41 Å². The number of hydrogen-bond donors (Lipinski definition) is 2. The van der Waals surface area contributed by atoms with E-state index in [-0.39, 0.29) is 23.7 Å². The average Bonchev–Trinajstić information content (AvgIpc) is 2.67. The minimum absolute atomic E-state index is 0.00726. The molecule has 0 radical (unpaired) electrons. The zero-order valence-electron chi connectivity index (χ0n) is 16.3. The van der Waals surface area contributed by atoms with Gasteiger partial charge in [-0.2, -0.15) is 0 Å². The van der Waals surface area contributed by atoms with Crippen LogP contribution in [0.15, 0.2) is 48.5 Å². The van der Waals surface area contributed by atoms with Crippen molar-refractivity contribution in [3.8, 4) is 0 Å². The Bertz CT molecular complexity index is 932. The Morgan fingerprint density at radius 3 is 1.52 bits per heavy atom. The summed E-state index contributed by atoms with van der Waals surface area (Å²) < 4.78 is 0. The molecule has 148 valence electrons. The quantitative estimate of drug-likeness (QED) is 0.594. The lowest BCUT2D eigenvalue weighted by atomic mass is 9.54. The molecule has 2 amide bonds. The van der Waals surface area contributed by atoms with E-state index in [1.807, 2.05) is 62.4 Å². The highest BCUT2D eigenvalue weighted by Crippen LogP contribution is 2.55. The molecule has 6 heteroatoms. The van der Waals surface area contributed by atoms with Gasteiger partial charge in [0.25, 0.3) is 0 Å². The maximum absolute atomic E-state index is 13.4. The summed E-state index contributed by atoms with van der Waals surface area (Å²) in [5.41, 5.74) is 2.30. The molecule has 1 saturated heterocycles. The van der Waals surface area contributed by atoms with Crippen molar-refractivity contribution in [3.63, 3.8) is 0 Å². The van der Waals surface area contributed by atoms with E-state index in [1.165, 1.54) is 0 Å². The predicted octanol–water partition coefficient (Wildman–Crippen LogP) is 3.05. The molecule has 1 heterocycles. The van der Waals surface area contributed by atoms with Crippen LogP contribution < -0.4 is 10.6 Å². The Labute approximate surface area is 174 Å². The fraction of sp³-hybridized carbons (Fsp3) is 0.304. The number of amides is 2. The van der Waals surface area contributed by atoms with Crippen molar-refractivity contribution in [1.82, 2.24) is 10.6 Å². The summed E-state index contributed by atoms with van der Waals surface area (Å²) in [7, 11) is 0. The number of benzene rings is 2. The number of carbonyl (C=O) groups is 3. The summed E-state index contributed by atoms with van der Waals surface area (Å²) in [6.45, 7) is 3.94. The number of carbonyl (C=O) groups excluding carboxylic acids is 3. The van der Waals surface area contributed by atoms with Gasteiger partial charge in [-0.1, -0.05) is 59.7 Å². The Balaban J connectivity index is 1.93. The van der Waals surface area contributed by atoms with Gasteiger partial charge >= 0.3 is 0 Å². The third-order valence-corrected chi connectivity index (χ3v) is 6.33. The van der Waals surface area contributed by atoms with Crippen LogP contribution in [0.2, 0.25) is 0 Å². The molecule has 2 aromatic rings. The molecule has 0 bridgehead atoms. The highest BCUT2D eigenvalue weighted by Gasteiger charge is 2.62. The van der Waals surface area contributed by atoms with Gasteiger partial charge < -0.3 is 10.6 Å². The molecule has 0 aromatic heterocycles. The molecule has 4 rings (SSSR count). The predicted molar refractivity (Wildman–Crippen MR) is 113 cm³/mol. The van der Waals surface area contributed by atoms with Gasteiger partial charge in [0.1, 0.15) is 11.2 Å². The van der Waals surface area contributed by atoms with Crippen molar-refractivity contribution in [2.75, 3.05) is 0 Å². The van der Waals surface area contributed by atoms with E-state index in [0.717, 1.165) is 22.3 Å². The first kappa shape index (κ1) is 19.5. The molecule has 1 aliphatic heterocycles. The van der Waals surface area contributed by atoms with Crippen molar-refractivity contribution in [3.05, 3.63) is 70.8 Å². The number of Topliss-reactive ketones (excluding diaryl/α,β-unsaturated/α-hetero) is 1. The zero-order chi connectivity index (χ0) is 20.8. The summed E-state index contributed by atoms with van der Waals surface area (Å²) >= 11 is 5.05. The number of rotatable bonds is 2. The van der Waals surface area contributed by atoms with E-state index in [2.05, 4.69) is 10.6 Å². The number of nitrogens with one attached hydrogen (secondary N) is 2. The molecule has 2 unspecified atom stereocenters. The van der Waals surface area contributed by atoms with Gasteiger partial charge in [0.15, 0.2) is 5.11 Å². The minimum atomic E-state index is -1.44. The molecule has 5 nitrogen and oxygen atoms in total. The van der Waals surface area contributed by atoms with Crippen LogP contribution in [0.3, 0.4) is 0 Å². The van der Waals surface area contributed by atoms with Crippen molar-refractivity contribution in [2.45, 2.75) is 38.5 Å². The van der Waals surface area contributed by atoms with Crippen LogP contribution in [-0.2, 0) is 14.4 Å². The lowest BCUT2D eigenvalue weighted by molar-refractivity contribution is -0.150. The van der Waals surface area contributed by atoms with E-state index in [1.54, 1.807) is 0 Å². The van der Waals surface area contributed by atoms with Crippen molar-refractivity contribution >= 4 is 34.9 Å². The van der Waals surface area contributed by atoms with Gasteiger partial charge in [-0.25, -0.2) is 0 Å². The summed E-state index contributed by atoms with van der Waals surface area (Å²) in [6, 6.07) is 15.4. The Morgan fingerprint density at radius 1 is 0.759 bits per heavy atom. The topological polar surface area (TPSA) is 75.3 Å². The molecule has 2 atom stereocenters. The number of aryl methyl sites for hydroxylation is 2. The van der Waals surface area contributed by atoms with Gasteiger partial charge in [0.2, 0.25) is 11.8 Å². The lowest BCUT2D eigenvalue weighted by Gasteiger charge is -2.48. The van der Waals surface area contributed by atoms with Crippen LogP contribution in [-0.4, -0.2) is 22.7 Å². The maximum Gasteiger partial charge on any atom is 0.243 e. The molecular formula is C23H22N2O3S. The van der Waals surface area contributed by atoms with E-state index in [9.17, 15) is 14.4 Å². The second-order valence-corrected chi connectivity index (χ2v) is 8.39. The first-order chi connectivity index (χ1) is 13.8. The second kappa shape index (κ2) is 7.19. The summed E-state index contributed by atoms with van der Waals surface area (Å²) in [5, 5.41) is 5.32. The smallest absolute Gasteiger partial charge is 0.243 e. The number of hydrogen-bond acceptors (Lipinski definition) is 4. The average molecular weight is 407 g/mol. The minimum Gasteiger partial charge on any atom is -0.302 e. The standard InChI is InChI=1S/C23H22N2O3S/c1-13-3-7-15(8-4-13)18-11-17(26)12-19(16-9-5-14(2)6-10-16)23(18)20(27)24-22(29)25-21(23)28/h3-10,18-19H,11-12H2,1-2H3,(H2,24,25,27,28,29). The number of thiocarbonyl (C=S) groups is 1. The van der Waals surface area contributed by atoms with Crippen molar-refractivity contribution < 1.29 is 14.4 Å². The Morgan fingerprint density at radius 2 is 1.14 bits per heavy atom. The fourth-order valence-electron chi connectivity index (χ4n) is 4.64. The maximum atomic E-state index is 13.4. The van der Waals surface area contributed by atoms with E-state index in [4.69, 9.17) is 12.2 Å². The van der Waals surface area contributed by atoms with Crippen LogP contribution in [0.1, 0.15) is 46.9 Å². The molecule has 1 saturated carbocycles. The summed E-state index contributed by atoms with van der Waals surface area (Å²) in [6.07, 6.45) is 0.276. The lowest BCUT2D eigenvalue weighted by Crippen LogP contribution is -2.67. The summed E-state index contributed by atoms with van der Waals surface area (Å²) in [4.78, 5) is 39.6. The SMILES string of the molecule is Cc1ccc(C2CC(=O)CC(c3ccc(C)cc3)C23C(=O)NC(=S)NC3=O)cc1. The highest BCUT2D eigenvalue weighted by atomic mass is 32.1. The van der Waals surface area contributed by atoms with Crippen LogP contribution in [0.5, 0.6) is 0 Å². The molecule has 1 spiro atoms. The molecule has 29 heavy (non-hydrogen) atoms. The van der Waals surface area contributed by atoms with Crippen molar-refractivity contribution in [1.29, 1.82) is 0 Å². The van der Waals surface area contributed by atoms with Gasteiger partial charge in [-0.15, -0.1) is 0 Å². The first-order valence-electron chi connectivity index (χ1n) is 9.64. The highest BCUT2D eigenvalue weighted by molar-refractivity contribution is 7.80. The van der Waals surface area contributed by atoms with Crippen LogP contribution in [0.25, 0.3) is 0 Å². The Kier molecular flexibility index (Phi) is 4.82. The van der Waals surface area contributed by atoms with Gasteiger partial charge in [-0.05, 0) is 37.2 Å². The number of ketones is 1. The van der Waals surface area contributed by atoms with Crippen LogP contribution in [0, 0.1) is 19.3 Å². The van der Waals surface area contributed by atoms with Crippen LogP contribution in [0.4, 0.5) is 0 Å².